The summed E-state index contributed by atoms with van der Waals surface area (Å²) in [6.45, 7) is 4.91. The van der Waals surface area contributed by atoms with Crippen molar-refractivity contribution < 1.29 is 98.4 Å². The Morgan fingerprint density at radius 3 is 1.27 bits per heavy atom. The van der Waals surface area contributed by atoms with Crippen molar-refractivity contribution in [2.45, 2.75) is 186 Å². The summed E-state index contributed by atoms with van der Waals surface area (Å²) in [5.74, 6) is -4.48. The Hall–Kier alpha value is -0.530. The molecule has 0 spiro atoms. The first-order valence-corrected chi connectivity index (χ1v) is 18.0. The van der Waals surface area contributed by atoms with Gasteiger partial charge in [0.05, 0.1) is 5.97 Å². The molecule has 2 atom stereocenters. The fraction of sp³-hybridized carbons (Fsp3) is 0.857. The molecular weight excluding hydrogens is 636 g/mol. The molecule has 0 heterocycles. The Morgan fingerprint density at radius 2 is 0.958 bits per heavy atom. The predicted octanol–water partition coefficient (Wildman–Crippen LogP) is -1.63. The number of amides is 2. The zero-order chi connectivity index (χ0) is 35.0. The second kappa shape index (κ2) is 39.3. The average molecular weight is 702 g/mol. The molecule has 2 amide bonds. The standard InChI is InChI=1S/C30H58N2O4.C5H9NO4.2Na/c1-3-5-7-9-11-13-15-17-19-24-28(33)32(27(30(35)36)23-21-22-26-31)29(34)25-20-18-16-14-12-10-8-6-4-2;6-3(5(9)10)1-2-4(7)8;;/h27H,3-26,31H2,1-2H3,(H,35,36);3H,1-2,6H2,(H,7,8)(H,9,10);;/q;;2*+1/p-2. The third-order valence-corrected chi connectivity index (χ3v) is 8.02. The zero-order valence-electron chi connectivity index (χ0n) is 30.9. The van der Waals surface area contributed by atoms with Crippen molar-refractivity contribution in [3.8, 4) is 0 Å². The number of aliphatic carboxylic acids is 3. The second-order valence-electron chi connectivity index (χ2n) is 12.3. The number of nitrogens with zero attached hydrogens (tertiary/aromatic N) is 1. The van der Waals surface area contributed by atoms with Crippen LogP contribution in [0.5, 0.6) is 0 Å². The van der Waals surface area contributed by atoms with Gasteiger partial charge in [-0.25, -0.2) is 4.79 Å². The number of carbonyl (C=O) groups is 5. The van der Waals surface area contributed by atoms with Crippen LogP contribution in [0.4, 0.5) is 0 Å². The monoisotopic (exact) mass is 701 g/mol. The molecule has 0 aromatic heterocycles. The molecule has 0 saturated heterocycles. The third-order valence-electron chi connectivity index (χ3n) is 8.02. The van der Waals surface area contributed by atoms with Gasteiger partial charge in [-0.2, -0.15) is 0 Å². The first kappa shape index (κ1) is 54.2. The van der Waals surface area contributed by atoms with Crippen LogP contribution in [0.3, 0.4) is 0 Å². The number of unbranched alkanes of at least 4 members (excludes halogenated alkanes) is 17. The fourth-order valence-electron chi connectivity index (χ4n) is 5.14. The van der Waals surface area contributed by atoms with E-state index in [1.165, 1.54) is 77.0 Å². The van der Waals surface area contributed by atoms with Crippen LogP contribution in [-0.2, 0) is 24.0 Å². The SMILES string of the molecule is CCCCCCCCCCCC(=O)N(C(=O)CCCCCCCCCCC)C(CCCCN)C(=O)O.NC(CCC(=O)[O-])C(=O)[O-].[Na+].[Na+]. The molecule has 270 valence electrons. The van der Waals surface area contributed by atoms with Gasteiger partial charge in [0.1, 0.15) is 6.04 Å². The van der Waals surface area contributed by atoms with Gasteiger partial charge in [0.2, 0.25) is 11.8 Å². The Labute approximate surface area is 335 Å². The summed E-state index contributed by atoms with van der Waals surface area (Å²) in [4.78, 5) is 58.8. The van der Waals surface area contributed by atoms with Crippen molar-refractivity contribution >= 4 is 29.7 Å². The molecule has 0 aliphatic heterocycles. The van der Waals surface area contributed by atoms with Gasteiger partial charge < -0.3 is 36.4 Å². The number of carboxylic acid groups (broad SMARTS) is 3. The summed E-state index contributed by atoms with van der Waals surface area (Å²) in [7, 11) is 0. The van der Waals surface area contributed by atoms with Gasteiger partial charge in [0.15, 0.2) is 0 Å². The number of carboxylic acids is 3. The van der Waals surface area contributed by atoms with E-state index < -0.39 is 30.0 Å². The van der Waals surface area contributed by atoms with Gasteiger partial charge in [-0.1, -0.05) is 117 Å². The summed E-state index contributed by atoms with van der Waals surface area (Å²) in [5, 5.41) is 29.4. The maximum absolute atomic E-state index is 13.0. The zero-order valence-corrected chi connectivity index (χ0v) is 34.9. The van der Waals surface area contributed by atoms with E-state index in [2.05, 4.69) is 13.8 Å². The summed E-state index contributed by atoms with van der Waals surface area (Å²) < 4.78 is 0. The van der Waals surface area contributed by atoms with Crippen LogP contribution >= 0.6 is 0 Å². The smallest absolute Gasteiger partial charge is 0.550 e. The second-order valence-corrected chi connectivity index (χ2v) is 12.3. The number of hydrogen-bond donors (Lipinski definition) is 3. The summed E-state index contributed by atoms with van der Waals surface area (Å²) in [6.07, 6.45) is 22.1. The van der Waals surface area contributed by atoms with E-state index >= 15 is 0 Å². The average Bonchev–Trinajstić information content (AvgIpc) is 3.01. The van der Waals surface area contributed by atoms with Crippen molar-refractivity contribution in [2.75, 3.05) is 6.54 Å². The first-order chi connectivity index (χ1) is 22.0. The fourth-order valence-corrected chi connectivity index (χ4v) is 5.14. The van der Waals surface area contributed by atoms with Crippen molar-refractivity contribution in [2.24, 2.45) is 11.5 Å². The van der Waals surface area contributed by atoms with Crippen LogP contribution in [0.2, 0.25) is 0 Å². The molecule has 0 aliphatic carbocycles. The molecule has 0 radical (unpaired) electrons. The maximum Gasteiger partial charge on any atom is 1.00 e. The molecule has 0 aromatic rings. The Morgan fingerprint density at radius 1 is 0.583 bits per heavy atom. The van der Waals surface area contributed by atoms with Crippen LogP contribution in [0.25, 0.3) is 0 Å². The summed E-state index contributed by atoms with van der Waals surface area (Å²) in [6, 6.07) is -2.29. The largest absolute Gasteiger partial charge is 1.00 e. The molecule has 5 N–H and O–H groups in total. The van der Waals surface area contributed by atoms with Gasteiger partial charge in [-0.15, -0.1) is 0 Å². The molecule has 0 saturated carbocycles. The van der Waals surface area contributed by atoms with Crippen LogP contribution in [0.15, 0.2) is 0 Å². The molecule has 2 unspecified atom stereocenters. The number of rotatable bonds is 30. The molecule has 0 bridgehead atoms. The number of imide groups is 1. The van der Waals surface area contributed by atoms with Gasteiger partial charge in [0, 0.05) is 24.9 Å². The van der Waals surface area contributed by atoms with Gasteiger partial charge in [0.25, 0.3) is 0 Å². The van der Waals surface area contributed by atoms with Crippen LogP contribution in [-0.4, -0.2) is 58.4 Å². The molecule has 0 rings (SSSR count). The quantitative estimate of drug-likeness (QED) is 0.0576. The van der Waals surface area contributed by atoms with Crippen LogP contribution < -0.4 is 80.8 Å². The Kier molecular flexibility index (Phi) is 44.4. The Balaban J connectivity index is -0.000000694. The van der Waals surface area contributed by atoms with Crippen molar-refractivity contribution in [1.29, 1.82) is 0 Å². The van der Waals surface area contributed by atoms with Gasteiger partial charge in [-0.05, 0) is 51.5 Å². The Bertz CT molecular complexity index is 787. The third kappa shape index (κ3) is 33.9. The van der Waals surface area contributed by atoms with Gasteiger partial charge >= 0.3 is 65.1 Å². The van der Waals surface area contributed by atoms with Crippen LogP contribution in [0, 0.1) is 0 Å². The number of carbonyl (C=O) groups excluding carboxylic acids is 4. The molecule has 48 heavy (non-hydrogen) atoms. The normalized spacial score (nSPS) is 11.6. The summed E-state index contributed by atoms with van der Waals surface area (Å²) >= 11 is 0. The van der Waals surface area contributed by atoms with E-state index in [1.807, 2.05) is 0 Å². The maximum atomic E-state index is 13.0. The van der Waals surface area contributed by atoms with E-state index in [-0.39, 0.29) is 103 Å². The van der Waals surface area contributed by atoms with Crippen LogP contribution in [0.1, 0.15) is 174 Å². The minimum absolute atomic E-state index is 0. The van der Waals surface area contributed by atoms with Crippen molar-refractivity contribution in [1.82, 2.24) is 4.90 Å². The van der Waals surface area contributed by atoms with Crippen molar-refractivity contribution in [3.63, 3.8) is 0 Å². The van der Waals surface area contributed by atoms with E-state index in [9.17, 15) is 39.3 Å². The summed E-state index contributed by atoms with van der Waals surface area (Å²) in [5.41, 5.74) is 10.5. The number of nitrogens with two attached hydrogens (primary N) is 2. The minimum Gasteiger partial charge on any atom is -0.550 e. The van der Waals surface area contributed by atoms with E-state index in [0.717, 1.165) is 30.6 Å². The molecular formula is C35H65N3Na2O8. The predicted molar refractivity (Wildman–Crippen MR) is 177 cm³/mol. The van der Waals surface area contributed by atoms with E-state index in [0.29, 0.717) is 32.2 Å². The van der Waals surface area contributed by atoms with E-state index in [4.69, 9.17) is 11.5 Å². The van der Waals surface area contributed by atoms with Crippen molar-refractivity contribution in [3.05, 3.63) is 0 Å². The number of hydrogen-bond acceptors (Lipinski definition) is 9. The molecule has 0 fully saturated rings. The molecule has 0 aromatic carbocycles. The molecule has 11 nitrogen and oxygen atoms in total. The van der Waals surface area contributed by atoms with E-state index in [1.54, 1.807) is 0 Å². The first-order valence-electron chi connectivity index (χ1n) is 18.0. The van der Waals surface area contributed by atoms with Gasteiger partial charge in [-0.3, -0.25) is 14.5 Å². The topological polar surface area (TPSA) is 207 Å². The molecule has 0 aliphatic rings. The minimum atomic E-state index is -1.44. The molecule has 13 heteroatoms.